The number of aliphatic imine (C=N–C) groups is 1. The molecule has 7 nitrogen and oxygen atoms in total. The smallest absolute Gasteiger partial charge is 0.227 e. The zero-order chi connectivity index (χ0) is 21.6. The number of carbonyl (C=O) groups is 1. The molecular weight excluding hydrogens is 390 g/mol. The summed E-state index contributed by atoms with van der Waals surface area (Å²) >= 11 is 0. The lowest BCUT2D eigenvalue weighted by atomic mass is 10.1. The minimum absolute atomic E-state index is 0.203. The third kappa shape index (κ3) is 5.12. The molecule has 2 N–H and O–H groups in total. The van der Waals surface area contributed by atoms with E-state index in [0.29, 0.717) is 31.4 Å². The van der Waals surface area contributed by atoms with Gasteiger partial charge < -0.3 is 20.0 Å². The van der Waals surface area contributed by atoms with Crippen molar-refractivity contribution in [2.75, 3.05) is 18.5 Å². The molecule has 0 atom stereocenters. The van der Waals surface area contributed by atoms with E-state index in [0.717, 1.165) is 35.5 Å². The zero-order valence-electron chi connectivity index (χ0n) is 17.9. The van der Waals surface area contributed by atoms with Gasteiger partial charge in [-0.25, -0.2) is 4.98 Å². The highest BCUT2D eigenvalue weighted by atomic mass is 16.3. The van der Waals surface area contributed by atoms with Crippen LogP contribution < -0.4 is 15.5 Å². The third-order valence-corrected chi connectivity index (χ3v) is 5.29. The molecule has 1 aliphatic rings. The van der Waals surface area contributed by atoms with Crippen molar-refractivity contribution < 1.29 is 9.21 Å². The van der Waals surface area contributed by atoms with Crippen LogP contribution in [0.5, 0.6) is 0 Å². The molecule has 1 aliphatic heterocycles. The van der Waals surface area contributed by atoms with E-state index < -0.39 is 0 Å². The van der Waals surface area contributed by atoms with E-state index in [1.807, 2.05) is 53.4 Å². The fraction of sp³-hybridized carbons (Fsp3) is 0.292. The van der Waals surface area contributed by atoms with Crippen LogP contribution in [0.2, 0.25) is 0 Å². The molecule has 0 aliphatic carbocycles. The summed E-state index contributed by atoms with van der Waals surface area (Å²) in [5, 5.41) is 6.55. The average molecular weight is 418 g/mol. The van der Waals surface area contributed by atoms with E-state index >= 15 is 0 Å². The number of guanidine groups is 1. The van der Waals surface area contributed by atoms with Crippen LogP contribution in [-0.2, 0) is 17.9 Å². The number of nitrogens with zero attached hydrogens (tertiary/aromatic N) is 3. The number of carbonyl (C=O) groups excluding carboxylic acids is 1. The number of oxazole rings is 1. The van der Waals surface area contributed by atoms with Crippen LogP contribution in [0.1, 0.15) is 29.7 Å². The second-order valence-electron chi connectivity index (χ2n) is 7.60. The van der Waals surface area contributed by atoms with Crippen LogP contribution in [0.25, 0.3) is 11.5 Å². The van der Waals surface area contributed by atoms with Gasteiger partial charge in [0.25, 0.3) is 0 Å². The summed E-state index contributed by atoms with van der Waals surface area (Å²) in [4.78, 5) is 22.5. The largest absolute Gasteiger partial charge is 0.444 e. The fourth-order valence-corrected chi connectivity index (χ4v) is 3.51. The lowest BCUT2D eigenvalue weighted by Gasteiger charge is -2.16. The first-order valence-corrected chi connectivity index (χ1v) is 10.5. The number of nitrogens with one attached hydrogen (secondary N) is 2. The van der Waals surface area contributed by atoms with Crippen molar-refractivity contribution in [1.29, 1.82) is 0 Å². The molecule has 0 spiro atoms. The minimum Gasteiger partial charge on any atom is -0.444 e. The summed E-state index contributed by atoms with van der Waals surface area (Å²) in [5.74, 6) is 1.49. The molecule has 160 valence electrons. The summed E-state index contributed by atoms with van der Waals surface area (Å²) in [6.45, 7) is 3.99. The number of hydrogen-bond donors (Lipinski definition) is 2. The lowest BCUT2D eigenvalue weighted by molar-refractivity contribution is -0.117. The fourth-order valence-electron chi connectivity index (χ4n) is 3.51. The number of amides is 1. The molecule has 3 aromatic rings. The van der Waals surface area contributed by atoms with Gasteiger partial charge in [-0.05, 0) is 43.2 Å². The van der Waals surface area contributed by atoms with Gasteiger partial charge in [0.15, 0.2) is 5.96 Å². The number of rotatable bonds is 6. The predicted octanol–water partition coefficient (Wildman–Crippen LogP) is 3.64. The first-order valence-electron chi connectivity index (χ1n) is 10.5. The summed E-state index contributed by atoms with van der Waals surface area (Å²) in [6.07, 6.45) is 3.24. The van der Waals surface area contributed by atoms with Gasteiger partial charge in [0.1, 0.15) is 6.26 Å². The molecule has 1 saturated heterocycles. The minimum atomic E-state index is 0.203. The molecule has 1 amide bonds. The van der Waals surface area contributed by atoms with Gasteiger partial charge in [0.2, 0.25) is 11.8 Å². The second kappa shape index (κ2) is 9.47. The molecule has 1 aromatic heterocycles. The Morgan fingerprint density at radius 3 is 2.52 bits per heavy atom. The Bertz CT molecular complexity index is 1050. The predicted molar refractivity (Wildman–Crippen MR) is 122 cm³/mol. The Labute approximate surface area is 182 Å². The molecule has 0 saturated carbocycles. The van der Waals surface area contributed by atoms with Crippen molar-refractivity contribution >= 4 is 17.6 Å². The molecule has 2 heterocycles. The standard InChI is InChI=1S/C24H27N5O2/c1-17-5-9-19(10-6-17)23-28-20(16-31-23)15-27-24(25-2)26-14-18-7-11-21(12-8-18)29-13-3-4-22(29)30/h5-12,16H,3-4,13-15H2,1-2H3,(H2,25,26,27). The van der Waals surface area contributed by atoms with Crippen LogP contribution in [0.15, 0.2) is 64.2 Å². The molecular formula is C24H27N5O2. The zero-order valence-corrected chi connectivity index (χ0v) is 17.9. The summed E-state index contributed by atoms with van der Waals surface area (Å²) in [6, 6.07) is 16.2. The highest BCUT2D eigenvalue weighted by Gasteiger charge is 2.21. The van der Waals surface area contributed by atoms with Gasteiger partial charge in [-0.15, -0.1) is 0 Å². The van der Waals surface area contributed by atoms with Gasteiger partial charge in [-0.2, -0.15) is 0 Å². The van der Waals surface area contributed by atoms with E-state index in [1.54, 1.807) is 13.3 Å². The maximum Gasteiger partial charge on any atom is 0.227 e. The molecule has 1 fully saturated rings. The monoisotopic (exact) mass is 417 g/mol. The van der Waals surface area contributed by atoms with Gasteiger partial charge in [-0.3, -0.25) is 9.79 Å². The van der Waals surface area contributed by atoms with Crippen LogP contribution in [-0.4, -0.2) is 30.4 Å². The normalized spacial score (nSPS) is 14.2. The van der Waals surface area contributed by atoms with Crippen LogP contribution >= 0.6 is 0 Å². The highest BCUT2D eigenvalue weighted by Crippen LogP contribution is 2.21. The Kier molecular flexibility index (Phi) is 6.31. The van der Waals surface area contributed by atoms with Crippen molar-refractivity contribution in [3.8, 4) is 11.5 Å². The van der Waals surface area contributed by atoms with Crippen molar-refractivity contribution in [1.82, 2.24) is 15.6 Å². The van der Waals surface area contributed by atoms with E-state index in [9.17, 15) is 4.79 Å². The number of aryl methyl sites for hydroxylation is 1. The molecule has 4 rings (SSSR count). The maximum atomic E-state index is 11.9. The molecule has 2 aromatic carbocycles. The Hall–Kier alpha value is -3.61. The first-order chi connectivity index (χ1) is 15.1. The average Bonchev–Trinajstić information content (AvgIpc) is 3.44. The number of anilines is 1. The SMILES string of the molecule is CN=C(NCc1ccc(N2CCCC2=O)cc1)NCc1coc(-c2ccc(C)cc2)n1. The summed E-state index contributed by atoms with van der Waals surface area (Å²) < 4.78 is 5.61. The van der Waals surface area contributed by atoms with Gasteiger partial charge >= 0.3 is 0 Å². The lowest BCUT2D eigenvalue weighted by Crippen LogP contribution is -2.36. The quantitative estimate of drug-likeness (QED) is 0.473. The number of hydrogen-bond acceptors (Lipinski definition) is 4. The molecule has 0 bridgehead atoms. The Balaban J connectivity index is 1.28. The van der Waals surface area contributed by atoms with Crippen LogP contribution in [0.3, 0.4) is 0 Å². The van der Waals surface area contributed by atoms with Gasteiger partial charge in [0, 0.05) is 37.8 Å². The van der Waals surface area contributed by atoms with Crippen molar-refractivity contribution in [3.63, 3.8) is 0 Å². The number of benzene rings is 2. The van der Waals surface area contributed by atoms with E-state index in [4.69, 9.17) is 4.42 Å². The first kappa shape index (κ1) is 20.7. The Morgan fingerprint density at radius 1 is 1.10 bits per heavy atom. The molecule has 7 heteroatoms. The maximum absolute atomic E-state index is 11.9. The molecule has 0 radical (unpaired) electrons. The van der Waals surface area contributed by atoms with Crippen molar-refractivity contribution in [3.05, 3.63) is 71.6 Å². The van der Waals surface area contributed by atoms with Gasteiger partial charge in [0.05, 0.1) is 12.2 Å². The highest BCUT2D eigenvalue weighted by molar-refractivity contribution is 5.95. The van der Waals surface area contributed by atoms with Gasteiger partial charge in [-0.1, -0.05) is 29.8 Å². The van der Waals surface area contributed by atoms with E-state index in [1.165, 1.54) is 5.56 Å². The van der Waals surface area contributed by atoms with E-state index in [-0.39, 0.29) is 5.91 Å². The van der Waals surface area contributed by atoms with Crippen molar-refractivity contribution in [2.45, 2.75) is 32.9 Å². The van der Waals surface area contributed by atoms with Crippen LogP contribution in [0, 0.1) is 6.92 Å². The molecule has 0 unspecified atom stereocenters. The third-order valence-electron chi connectivity index (χ3n) is 5.29. The number of aromatic nitrogens is 1. The topological polar surface area (TPSA) is 82.8 Å². The molecule has 31 heavy (non-hydrogen) atoms. The summed E-state index contributed by atoms with van der Waals surface area (Å²) in [7, 11) is 1.73. The van der Waals surface area contributed by atoms with Crippen molar-refractivity contribution in [2.24, 2.45) is 4.99 Å². The van der Waals surface area contributed by atoms with Crippen LogP contribution in [0.4, 0.5) is 5.69 Å². The second-order valence-corrected chi connectivity index (χ2v) is 7.60. The van der Waals surface area contributed by atoms with E-state index in [2.05, 4.69) is 27.5 Å². The Morgan fingerprint density at radius 2 is 1.84 bits per heavy atom. The summed E-state index contributed by atoms with van der Waals surface area (Å²) in [5.41, 5.74) is 5.04.